The topological polar surface area (TPSA) is 54.5 Å². The predicted molar refractivity (Wildman–Crippen MR) is 140 cm³/mol. The molecule has 2 heterocycles. The van der Waals surface area contributed by atoms with Gasteiger partial charge in [0.05, 0.1) is 5.69 Å². The van der Waals surface area contributed by atoms with Gasteiger partial charge in [-0.15, -0.1) is 0 Å². The molecule has 174 valence electrons. The molecule has 1 fully saturated rings. The molecule has 4 nitrogen and oxygen atoms in total. The molecule has 3 aliphatic rings. The number of para-hydroxylation sites is 1. The quantitative estimate of drug-likeness (QED) is 0.261. The Labute approximate surface area is 213 Å². The Kier molecular flexibility index (Phi) is 4.60. The smallest absolute Gasteiger partial charge is 0.185 e. The maximum Gasteiger partial charge on any atom is 0.185 e. The van der Waals surface area contributed by atoms with Gasteiger partial charge in [-0.3, -0.25) is 14.4 Å². The van der Waals surface area contributed by atoms with Gasteiger partial charge in [-0.05, 0) is 17.7 Å². The van der Waals surface area contributed by atoms with Crippen LogP contribution >= 0.6 is 11.8 Å². The number of carbonyl (C=O) groups is 3. The fourth-order valence-electron chi connectivity index (χ4n) is 6.34. The zero-order valence-corrected chi connectivity index (χ0v) is 20.0. The van der Waals surface area contributed by atoms with E-state index in [1.54, 1.807) is 24.3 Å². The van der Waals surface area contributed by atoms with Crippen LogP contribution in [0.4, 0.5) is 5.69 Å². The van der Waals surface area contributed by atoms with Crippen LogP contribution < -0.4 is 4.90 Å². The highest BCUT2D eigenvalue weighted by atomic mass is 32.2. The van der Waals surface area contributed by atoms with Crippen molar-refractivity contribution in [2.45, 2.75) is 22.2 Å². The third-order valence-electron chi connectivity index (χ3n) is 7.78. The number of benzene rings is 4. The van der Waals surface area contributed by atoms with Crippen LogP contribution in [0.25, 0.3) is 0 Å². The summed E-state index contributed by atoms with van der Waals surface area (Å²) in [5, 5.41) is -0.523. The standard InChI is InChI=1S/C31H21NO3S/c33-27(20-13-5-2-6-14-20)26-25(19-11-3-1-4-12-19)31(28(34)21-15-7-8-16-22(21)29(31)35)30-32(26)23-17-9-10-18-24(23)36-30/h1-18,25-26,30H/t25-,26-,30-/m1/s1. The highest BCUT2D eigenvalue weighted by molar-refractivity contribution is 8.00. The van der Waals surface area contributed by atoms with Crippen molar-refractivity contribution in [3.05, 3.63) is 131 Å². The van der Waals surface area contributed by atoms with Gasteiger partial charge >= 0.3 is 0 Å². The summed E-state index contributed by atoms with van der Waals surface area (Å²) < 4.78 is 0. The number of carbonyl (C=O) groups excluding carboxylic acids is 3. The van der Waals surface area contributed by atoms with Gasteiger partial charge in [-0.1, -0.05) is 109 Å². The Morgan fingerprint density at radius 2 is 1.25 bits per heavy atom. The van der Waals surface area contributed by atoms with Crippen LogP contribution in [0.1, 0.15) is 42.6 Å². The van der Waals surface area contributed by atoms with Crippen molar-refractivity contribution in [2.24, 2.45) is 5.41 Å². The molecule has 0 saturated carbocycles. The molecule has 2 aliphatic heterocycles. The molecule has 0 amide bonds. The van der Waals surface area contributed by atoms with Crippen molar-refractivity contribution in [2.75, 3.05) is 4.90 Å². The second kappa shape index (κ2) is 7.77. The zero-order valence-electron chi connectivity index (χ0n) is 19.2. The molecule has 3 atom stereocenters. The first-order valence-corrected chi connectivity index (χ1v) is 12.9. The molecule has 36 heavy (non-hydrogen) atoms. The lowest BCUT2D eigenvalue weighted by Crippen LogP contribution is -2.45. The van der Waals surface area contributed by atoms with Crippen LogP contribution in [-0.4, -0.2) is 28.8 Å². The van der Waals surface area contributed by atoms with E-state index in [9.17, 15) is 14.4 Å². The van der Waals surface area contributed by atoms with E-state index >= 15 is 0 Å². The monoisotopic (exact) mass is 487 g/mol. The summed E-state index contributed by atoms with van der Waals surface area (Å²) >= 11 is 1.53. The Morgan fingerprint density at radius 3 is 1.92 bits per heavy atom. The van der Waals surface area contributed by atoms with E-state index in [2.05, 4.69) is 4.90 Å². The minimum atomic E-state index is -1.41. The van der Waals surface area contributed by atoms with Crippen molar-refractivity contribution in [3.63, 3.8) is 0 Å². The Balaban J connectivity index is 1.54. The number of rotatable bonds is 3. The van der Waals surface area contributed by atoms with Crippen LogP contribution in [0.5, 0.6) is 0 Å². The molecule has 4 aromatic rings. The van der Waals surface area contributed by atoms with Gasteiger partial charge < -0.3 is 4.90 Å². The van der Waals surface area contributed by atoms with Gasteiger partial charge in [0.15, 0.2) is 17.3 Å². The number of hydrogen-bond donors (Lipinski definition) is 0. The van der Waals surface area contributed by atoms with Crippen LogP contribution in [0.2, 0.25) is 0 Å². The molecule has 0 radical (unpaired) electrons. The third kappa shape index (κ3) is 2.64. The van der Waals surface area contributed by atoms with E-state index in [0.29, 0.717) is 16.7 Å². The number of Topliss-reactive ketones (excluding diaryl/α,β-unsaturated/α-hetero) is 3. The predicted octanol–water partition coefficient (Wildman–Crippen LogP) is 6.04. The minimum Gasteiger partial charge on any atom is -0.346 e. The average Bonchev–Trinajstić information content (AvgIpc) is 3.53. The number of thioether (sulfide) groups is 1. The summed E-state index contributed by atoms with van der Waals surface area (Å²) in [6.45, 7) is 0. The molecule has 0 aromatic heterocycles. The van der Waals surface area contributed by atoms with Crippen LogP contribution in [0, 0.1) is 5.41 Å². The van der Waals surface area contributed by atoms with E-state index < -0.39 is 22.7 Å². The maximum atomic E-state index is 14.4. The number of anilines is 1. The lowest BCUT2D eigenvalue weighted by atomic mass is 9.67. The Hall–Kier alpha value is -3.96. The van der Waals surface area contributed by atoms with E-state index in [-0.39, 0.29) is 17.3 Å². The molecule has 1 saturated heterocycles. The minimum absolute atomic E-state index is 0.0832. The molecule has 1 spiro atoms. The van der Waals surface area contributed by atoms with E-state index in [1.807, 2.05) is 84.9 Å². The molecule has 4 aromatic carbocycles. The summed E-state index contributed by atoms with van der Waals surface area (Å²) in [6, 6.07) is 33.1. The molecular formula is C31H21NO3S. The van der Waals surface area contributed by atoms with E-state index in [1.165, 1.54) is 11.8 Å². The highest BCUT2D eigenvalue weighted by Crippen LogP contribution is 2.66. The normalized spacial score (nSPS) is 23.0. The molecule has 0 bridgehead atoms. The van der Waals surface area contributed by atoms with Crippen molar-refractivity contribution in [3.8, 4) is 0 Å². The Morgan fingerprint density at radius 1 is 0.694 bits per heavy atom. The molecular weight excluding hydrogens is 466 g/mol. The number of nitrogens with zero attached hydrogens (tertiary/aromatic N) is 1. The molecule has 0 unspecified atom stereocenters. The van der Waals surface area contributed by atoms with Gasteiger partial charge in [0, 0.05) is 27.5 Å². The largest absolute Gasteiger partial charge is 0.346 e. The summed E-state index contributed by atoms with van der Waals surface area (Å²) in [7, 11) is 0. The Bertz CT molecular complexity index is 1510. The van der Waals surface area contributed by atoms with Gasteiger partial charge in [-0.25, -0.2) is 0 Å². The molecule has 5 heteroatoms. The lowest BCUT2D eigenvalue weighted by Gasteiger charge is -2.32. The van der Waals surface area contributed by atoms with E-state index in [4.69, 9.17) is 0 Å². The molecule has 7 rings (SSSR count). The first-order valence-electron chi connectivity index (χ1n) is 12.0. The van der Waals surface area contributed by atoms with Crippen LogP contribution in [0.3, 0.4) is 0 Å². The number of hydrogen-bond acceptors (Lipinski definition) is 5. The van der Waals surface area contributed by atoms with Gasteiger partial charge in [0.2, 0.25) is 0 Å². The first-order chi connectivity index (χ1) is 17.6. The molecule has 0 N–H and O–H groups in total. The fourth-order valence-corrected chi connectivity index (χ4v) is 7.93. The average molecular weight is 488 g/mol. The third-order valence-corrected chi connectivity index (χ3v) is 9.20. The van der Waals surface area contributed by atoms with Crippen molar-refractivity contribution in [1.82, 2.24) is 0 Å². The van der Waals surface area contributed by atoms with Crippen molar-refractivity contribution >= 4 is 34.8 Å². The SMILES string of the molecule is O=C(c1ccccc1)[C@H]1[C@@H](c2ccccc2)C2(C(=O)c3ccccc3C2=O)[C@H]2Sc3ccccc3N12. The lowest BCUT2D eigenvalue weighted by molar-refractivity contribution is 0.0680. The van der Waals surface area contributed by atoms with Crippen molar-refractivity contribution in [1.29, 1.82) is 0 Å². The maximum absolute atomic E-state index is 14.4. The summed E-state index contributed by atoms with van der Waals surface area (Å²) in [5.74, 6) is -1.09. The first kappa shape index (κ1) is 21.3. The van der Waals surface area contributed by atoms with E-state index in [0.717, 1.165) is 16.1 Å². The van der Waals surface area contributed by atoms with Crippen molar-refractivity contribution < 1.29 is 14.4 Å². The van der Waals surface area contributed by atoms with Gasteiger partial charge in [0.25, 0.3) is 0 Å². The van der Waals surface area contributed by atoms with Gasteiger partial charge in [-0.2, -0.15) is 0 Å². The number of ketones is 3. The molecule has 1 aliphatic carbocycles. The second-order valence-corrected chi connectivity index (χ2v) is 10.6. The zero-order chi connectivity index (χ0) is 24.4. The van der Waals surface area contributed by atoms with Gasteiger partial charge in [0.1, 0.15) is 16.8 Å². The summed E-state index contributed by atoms with van der Waals surface area (Å²) in [4.78, 5) is 46.3. The van der Waals surface area contributed by atoms with Crippen LogP contribution in [-0.2, 0) is 0 Å². The summed E-state index contributed by atoms with van der Waals surface area (Å²) in [6.07, 6.45) is 0. The highest BCUT2D eigenvalue weighted by Gasteiger charge is 2.73. The second-order valence-electron chi connectivity index (χ2n) is 9.48. The number of fused-ring (bicyclic) bond motifs is 5. The fraction of sp³-hybridized carbons (Fsp3) is 0.129. The van der Waals surface area contributed by atoms with Crippen LogP contribution in [0.15, 0.2) is 114 Å². The summed E-state index contributed by atoms with van der Waals surface area (Å²) in [5.41, 5.74) is 1.79.